The zero-order chi connectivity index (χ0) is 12.3. The fourth-order valence-electron chi connectivity index (χ4n) is 1.46. The van der Waals surface area contributed by atoms with Gasteiger partial charge < -0.3 is 14.1 Å². The molecule has 0 aliphatic heterocycles. The van der Waals surface area contributed by atoms with Crippen LogP contribution in [0.25, 0.3) is 0 Å². The second-order valence-electron chi connectivity index (χ2n) is 3.26. The van der Waals surface area contributed by atoms with Gasteiger partial charge >= 0.3 is 0 Å². The van der Waals surface area contributed by atoms with Gasteiger partial charge in [-0.15, -0.1) is 0 Å². The van der Waals surface area contributed by atoms with E-state index in [1.165, 1.54) is 12.4 Å². The minimum atomic E-state index is -1.87. The van der Waals surface area contributed by atoms with Gasteiger partial charge in [-0.25, -0.2) is 0 Å². The van der Waals surface area contributed by atoms with E-state index in [-0.39, 0.29) is 11.1 Å². The molecule has 0 aromatic carbocycles. The quantitative estimate of drug-likeness (QED) is 0.644. The first kappa shape index (κ1) is 11.8. The number of rotatable bonds is 3. The second-order valence-corrected chi connectivity index (χ2v) is 5.81. The lowest BCUT2D eigenvalue weighted by Crippen LogP contribution is -2.56. The molecule has 0 spiro atoms. The van der Waals surface area contributed by atoms with Crippen LogP contribution in [0.5, 0.6) is 0 Å². The summed E-state index contributed by atoms with van der Waals surface area (Å²) in [7, 11) is 1.08. The van der Waals surface area contributed by atoms with Crippen molar-refractivity contribution in [2.24, 2.45) is 0 Å². The van der Waals surface area contributed by atoms with Crippen molar-refractivity contribution in [2.45, 2.75) is 0 Å². The minimum absolute atomic E-state index is 0.247. The normalized spacial score (nSPS) is 10.7. The fourth-order valence-corrected chi connectivity index (χ4v) is 3.68. The predicted molar refractivity (Wildman–Crippen MR) is 66.0 cm³/mol. The molecule has 0 bridgehead atoms. The Balaban J connectivity index is 2.56. The average Bonchev–Trinajstić information content (AvgIpc) is 2.34. The van der Waals surface area contributed by atoms with Gasteiger partial charge in [0.15, 0.2) is 0 Å². The summed E-state index contributed by atoms with van der Waals surface area (Å²) in [5.74, 6) is 0. The molecular weight excluding hydrogens is 252 g/mol. The SMILES string of the molecule is O=c1[nH]cccc1[Si](O[Si])c1ccc[nH]c1=O. The summed E-state index contributed by atoms with van der Waals surface area (Å²) in [5, 5.41) is 0.924. The zero-order valence-corrected chi connectivity index (χ0v) is 10.7. The zero-order valence-electron chi connectivity index (χ0n) is 8.69. The number of pyridine rings is 2. The first-order valence-corrected chi connectivity index (χ1v) is 6.62. The number of nitrogens with one attached hydrogen (secondary N) is 2. The van der Waals surface area contributed by atoms with E-state index >= 15 is 0 Å². The fraction of sp³-hybridized carbons (Fsp3) is 0. The molecule has 84 valence electrons. The molecule has 5 nitrogen and oxygen atoms in total. The standard InChI is InChI=1S/C10H8N2O3Si2/c13-9-7(3-1-5-11-9)17(15-16)8-4-2-6-12-10(8)14/h1-6H,(H,11,13)(H,12,14). The van der Waals surface area contributed by atoms with Crippen LogP contribution in [-0.4, -0.2) is 29.5 Å². The molecular formula is C10H8N2O3Si2. The maximum atomic E-state index is 11.7. The molecule has 0 unspecified atom stereocenters. The molecule has 2 rings (SSSR count). The summed E-state index contributed by atoms with van der Waals surface area (Å²) in [6, 6.07) is 6.70. The molecule has 2 aromatic rings. The summed E-state index contributed by atoms with van der Waals surface area (Å²) in [6.45, 7) is 0. The van der Waals surface area contributed by atoms with Crippen molar-refractivity contribution in [3.63, 3.8) is 0 Å². The number of H-pyrrole nitrogens is 2. The number of aromatic nitrogens is 2. The smallest absolute Gasteiger partial charge is 0.283 e. The van der Waals surface area contributed by atoms with Crippen LogP contribution in [0, 0.1) is 0 Å². The molecule has 0 aliphatic carbocycles. The Morgan fingerprint density at radius 2 is 1.47 bits per heavy atom. The van der Waals surface area contributed by atoms with Crippen molar-refractivity contribution < 1.29 is 4.12 Å². The van der Waals surface area contributed by atoms with Gasteiger partial charge in [-0.1, -0.05) is 12.1 Å². The van der Waals surface area contributed by atoms with Gasteiger partial charge in [0.1, 0.15) is 0 Å². The third-order valence-corrected chi connectivity index (χ3v) is 4.81. The van der Waals surface area contributed by atoms with Crippen LogP contribution in [0.4, 0.5) is 0 Å². The number of hydrogen-bond acceptors (Lipinski definition) is 3. The Bertz CT molecular complexity index is 569. The molecule has 4 radical (unpaired) electrons. The minimum Gasteiger partial charge on any atom is -0.450 e. The van der Waals surface area contributed by atoms with Gasteiger partial charge in [0.05, 0.1) is 0 Å². The number of hydrogen-bond donors (Lipinski definition) is 2. The van der Waals surface area contributed by atoms with Gasteiger partial charge in [0.25, 0.3) is 9.04 Å². The molecule has 0 saturated heterocycles. The Kier molecular flexibility index (Phi) is 3.52. The molecule has 2 heterocycles. The summed E-state index contributed by atoms with van der Waals surface area (Å²) in [5.41, 5.74) is -0.495. The lowest BCUT2D eigenvalue weighted by Gasteiger charge is -2.10. The molecule has 0 saturated carbocycles. The molecule has 17 heavy (non-hydrogen) atoms. The predicted octanol–water partition coefficient (Wildman–Crippen LogP) is -1.73. The maximum Gasteiger partial charge on any atom is 0.283 e. The topological polar surface area (TPSA) is 75.0 Å². The lowest BCUT2D eigenvalue weighted by atomic mass is 10.5. The van der Waals surface area contributed by atoms with E-state index in [1.807, 2.05) is 0 Å². The van der Waals surface area contributed by atoms with E-state index in [0.29, 0.717) is 10.4 Å². The van der Waals surface area contributed by atoms with E-state index in [9.17, 15) is 9.59 Å². The van der Waals surface area contributed by atoms with E-state index in [2.05, 4.69) is 20.5 Å². The summed E-state index contributed by atoms with van der Waals surface area (Å²) < 4.78 is 5.15. The van der Waals surface area contributed by atoms with Crippen LogP contribution in [0.2, 0.25) is 0 Å². The largest absolute Gasteiger partial charge is 0.450 e. The van der Waals surface area contributed by atoms with Gasteiger partial charge in [0.2, 0.25) is 21.6 Å². The highest BCUT2D eigenvalue weighted by atomic mass is 28.3. The summed E-state index contributed by atoms with van der Waals surface area (Å²) in [6.07, 6.45) is 3.07. The van der Waals surface area contributed by atoms with Crippen molar-refractivity contribution in [3.05, 3.63) is 57.4 Å². The van der Waals surface area contributed by atoms with Crippen molar-refractivity contribution in [3.8, 4) is 0 Å². The highest BCUT2D eigenvalue weighted by Crippen LogP contribution is 1.83. The van der Waals surface area contributed by atoms with Crippen molar-refractivity contribution in [2.75, 3.05) is 0 Å². The van der Waals surface area contributed by atoms with Crippen LogP contribution >= 0.6 is 0 Å². The van der Waals surface area contributed by atoms with Crippen LogP contribution in [0.3, 0.4) is 0 Å². The van der Waals surface area contributed by atoms with Crippen LogP contribution in [0.1, 0.15) is 0 Å². The molecule has 7 heteroatoms. The summed E-state index contributed by atoms with van der Waals surface area (Å²) in [4.78, 5) is 28.4. The number of aromatic amines is 2. The Labute approximate surface area is 102 Å². The molecule has 0 aliphatic rings. The molecule has 0 fully saturated rings. The molecule has 0 atom stereocenters. The van der Waals surface area contributed by atoms with Gasteiger partial charge in [-0.2, -0.15) is 0 Å². The third kappa shape index (κ3) is 2.35. The lowest BCUT2D eigenvalue weighted by molar-refractivity contribution is 0.659. The highest BCUT2D eigenvalue weighted by Gasteiger charge is 2.23. The first-order chi connectivity index (χ1) is 8.24. The molecule has 2 N–H and O–H groups in total. The maximum absolute atomic E-state index is 11.7. The van der Waals surface area contributed by atoms with E-state index in [1.54, 1.807) is 24.3 Å². The average molecular weight is 260 g/mol. The molecule has 2 aromatic heterocycles. The van der Waals surface area contributed by atoms with Crippen LogP contribution < -0.4 is 21.5 Å². The summed E-state index contributed by atoms with van der Waals surface area (Å²) >= 11 is 0. The van der Waals surface area contributed by atoms with Crippen LogP contribution in [-0.2, 0) is 4.12 Å². The van der Waals surface area contributed by atoms with Crippen LogP contribution in [0.15, 0.2) is 46.2 Å². The van der Waals surface area contributed by atoms with Crippen molar-refractivity contribution in [1.82, 2.24) is 9.97 Å². The van der Waals surface area contributed by atoms with E-state index in [4.69, 9.17) is 4.12 Å². The Hall–Kier alpha value is -1.71. The Morgan fingerprint density at radius 3 is 1.82 bits per heavy atom. The monoisotopic (exact) mass is 260 g/mol. The van der Waals surface area contributed by atoms with Gasteiger partial charge in [-0.05, 0) is 12.1 Å². The first-order valence-electron chi connectivity index (χ1n) is 4.80. The highest BCUT2D eigenvalue weighted by molar-refractivity contribution is 6.81. The van der Waals surface area contributed by atoms with E-state index < -0.39 is 9.04 Å². The van der Waals surface area contributed by atoms with Crippen molar-refractivity contribution in [1.29, 1.82) is 0 Å². The Morgan fingerprint density at radius 1 is 1.00 bits per heavy atom. The van der Waals surface area contributed by atoms with E-state index in [0.717, 1.165) is 0 Å². The second kappa shape index (κ2) is 5.08. The van der Waals surface area contributed by atoms with Crippen molar-refractivity contribution >= 4 is 29.9 Å². The molecule has 0 amide bonds. The van der Waals surface area contributed by atoms with Gasteiger partial charge in [-0.3, -0.25) is 9.59 Å². The van der Waals surface area contributed by atoms with Gasteiger partial charge in [0, 0.05) is 22.8 Å². The third-order valence-electron chi connectivity index (χ3n) is 2.23.